The van der Waals surface area contributed by atoms with Crippen molar-refractivity contribution in [1.82, 2.24) is 0 Å². The molecule has 1 aliphatic heterocycles. The second kappa shape index (κ2) is 7.90. The van der Waals surface area contributed by atoms with Gasteiger partial charge in [0, 0.05) is 11.3 Å². The number of ether oxygens (including phenoxy) is 3. The molecule has 6 heteroatoms. The van der Waals surface area contributed by atoms with Crippen molar-refractivity contribution < 1.29 is 23.9 Å². The number of quaternary nitrogens is 1. The summed E-state index contributed by atoms with van der Waals surface area (Å²) in [7, 11) is 1.62. The Morgan fingerprint density at radius 2 is 1.92 bits per heavy atom. The van der Waals surface area contributed by atoms with Gasteiger partial charge in [-0.25, -0.2) is 0 Å². The van der Waals surface area contributed by atoms with Crippen LogP contribution in [0.5, 0.6) is 17.2 Å². The van der Waals surface area contributed by atoms with Crippen LogP contribution in [0, 0.1) is 0 Å². The summed E-state index contributed by atoms with van der Waals surface area (Å²) >= 11 is 0. The summed E-state index contributed by atoms with van der Waals surface area (Å²) < 4.78 is 15.9. The van der Waals surface area contributed by atoms with Crippen LogP contribution in [-0.4, -0.2) is 32.9 Å². The molecule has 6 nitrogen and oxygen atoms in total. The first-order valence-corrected chi connectivity index (χ1v) is 8.34. The number of methoxy groups -OCH3 is 1. The van der Waals surface area contributed by atoms with E-state index < -0.39 is 0 Å². The molecule has 0 aromatic heterocycles. The maximum absolute atomic E-state index is 12.3. The van der Waals surface area contributed by atoms with Gasteiger partial charge in [0.2, 0.25) is 6.79 Å². The standard InChI is InChI=1S/C19H22N2O4/c1-3-21(11-14-4-9-17-18(10-14)25-13-24-17)12-19(22)20-15-5-7-16(23-2)8-6-15/h4-10H,3,11-13H2,1-2H3,(H,20,22)/p+1. The van der Waals surface area contributed by atoms with Crippen molar-refractivity contribution in [2.45, 2.75) is 13.5 Å². The zero-order valence-corrected chi connectivity index (χ0v) is 14.5. The number of anilines is 1. The lowest BCUT2D eigenvalue weighted by Gasteiger charge is -2.17. The van der Waals surface area contributed by atoms with E-state index in [9.17, 15) is 4.79 Å². The molecule has 2 aromatic carbocycles. The highest BCUT2D eigenvalue weighted by atomic mass is 16.7. The molecule has 25 heavy (non-hydrogen) atoms. The minimum absolute atomic E-state index is 0.0113. The second-order valence-electron chi connectivity index (χ2n) is 5.92. The number of hydrogen-bond donors (Lipinski definition) is 2. The number of amides is 1. The number of likely N-dealkylation sites (N-methyl/N-ethyl adjacent to an activating group) is 1. The molecule has 3 rings (SSSR count). The molecule has 0 bridgehead atoms. The van der Waals surface area contributed by atoms with Crippen LogP contribution in [0.2, 0.25) is 0 Å². The minimum Gasteiger partial charge on any atom is -0.497 e. The third kappa shape index (κ3) is 4.42. The van der Waals surface area contributed by atoms with Crippen molar-refractivity contribution >= 4 is 11.6 Å². The topological polar surface area (TPSA) is 61.2 Å². The van der Waals surface area contributed by atoms with E-state index in [1.807, 2.05) is 42.5 Å². The highest BCUT2D eigenvalue weighted by Crippen LogP contribution is 2.32. The third-order valence-electron chi connectivity index (χ3n) is 4.18. The average molecular weight is 343 g/mol. The second-order valence-corrected chi connectivity index (χ2v) is 5.92. The van der Waals surface area contributed by atoms with E-state index in [-0.39, 0.29) is 12.7 Å². The van der Waals surface area contributed by atoms with Crippen LogP contribution in [0.3, 0.4) is 0 Å². The molecule has 0 aliphatic carbocycles. The van der Waals surface area contributed by atoms with Gasteiger partial charge in [-0.3, -0.25) is 4.79 Å². The molecule has 1 heterocycles. The average Bonchev–Trinajstić information content (AvgIpc) is 3.09. The number of benzene rings is 2. The van der Waals surface area contributed by atoms with Crippen LogP contribution in [0.1, 0.15) is 12.5 Å². The molecule has 0 saturated heterocycles. The molecule has 1 aliphatic rings. The molecule has 2 N–H and O–H groups in total. The predicted molar refractivity (Wildman–Crippen MR) is 94.3 cm³/mol. The van der Waals surface area contributed by atoms with E-state index in [0.29, 0.717) is 6.54 Å². The van der Waals surface area contributed by atoms with Gasteiger partial charge in [0.05, 0.1) is 13.7 Å². The Morgan fingerprint density at radius 1 is 1.16 bits per heavy atom. The first kappa shape index (κ1) is 17.1. The van der Waals surface area contributed by atoms with Gasteiger partial charge in [-0.2, -0.15) is 0 Å². The normalized spacial score (nSPS) is 13.4. The highest BCUT2D eigenvalue weighted by molar-refractivity contribution is 5.91. The molecule has 0 radical (unpaired) electrons. The largest absolute Gasteiger partial charge is 0.497 e. The van der Waals surface area contributed by atoms with Crippen molar-refractivity contribution in [3.05, 3.63) is 48.0 Å². The molecule has 1 atom stereocenters. The van der Waals surface area contributed by atoms with Crippen molar-refractivity contribution in [1.29, 1.82) is 0 Å². The molecular formula is C19H23N2O4+. The SMILES string of the molecule is CC[NH+](CC(=O)Nc1ccc(OC)cc1)Cc1ccc2c(c1)OCO2. The van der Waals surface area contributed by atoms with Gasteiger partial charge in [-0.05, 0) is 49.4 Å². The summed E-state index contributed by atoms with van der Waals surface area (Å²) in [6, 6.07) is 13.2. The van der Waals surface area contributed by atoms with Crippen molar-refractivity contribution in [3.63, 3.8) is 0 Å². The van der Waals surface area contributed by atoms with Crippen molar-refractivity contribution in [2.24, 2.45) is 0 Å². The zero-order chi connectivity index (χ0) is 17.6. The van der Waals surface area contributed by atoms with Crippen LogP contribution in [-0.2, 0) is 11.3 Å². The van der Waals surface area contributed by atoms with Gasteiger partial charge >= 0.3 is 0 Å². The van der Waals surface area contributed by atoms with Gasteiger partial charge in [0.15, 0.2) is 18.0 Å². The first-order valence-electron chi connectivity index (χ1n) is 8.34. The number of carbonyl (C=O) groups is 1. The van der Waals surface area contributed by atoms with E-state index in [1.165, 1.54) is 4.90 Å². The Hall–Kier alpha value is -2.73. The van der Waals surface area contributed by atoms with E-state index in [2.05, 4.69) is 12.2 Å². The summed E-state index contributed by atoms with van der Waals surface area (Å²) in [6.45, 7) is 4.35. The summed E-state index contributed by atoms with van der Waals surface area (Å²) in [5.74, 6) is 2.30. The van der Waals surface area contributed by atoms with Crippen molar-refractivity contribution in [2.75, 3.05) is 32.3 Å². The molecule has 0 saturated carbocycles. The van der Waals surface area contributed by atoms with Crippen LogP contribution in [0.25, 0.3) is 0 Å². The number of fused-ring (bicyclic) bond motifs is 1. The van der Waals surface area contributed by atoms with Gasteiger partial charge in [0.25, 0.3) is 5.91 Å². The predicted octanol–water partition coefficient (Wildman–Crippen LogP) is 1.47. The highest BCUT2D eigenvalue weighted by Gasteiger charge is 2.17. The summed E-state index contributed by atoms with van der Waals surface area (Å²) in [6.07, 6.45) is 0. The maximum Gasteiger partial charge on any atom is 0.279 e. The van der Waals surface area contributed by atoms with Gasteiger partial charge in [-0.15, -0.1) is 0 Å². The van der Waals surface area contributed by atoms with Gasteiger partial charge < -0.3 is 24.4 Å². The summed E-state index contributed by atoms with van der Waals surface area (Å²) in [5, 5.41) is 2.93. The fourth-order valence-electron chi connectivity index (χ4n) is 2.76. The molecule has 132 valence electrons. The number of carbonyl (C=O) groups excluding carboxylic acids is 1. The number of rotatable bonds is 7. The van der Waals surface area contributed by atoms with E-state index in [1.54, 1.807) is 7.11 Å². The Morgan fingerprint density at radius 3 is 2.64 bits per heavy atom. The van der Waals surface area contributed by atoms with Crippen LogP contribution in [0.4, 0.5) is 5.69 Å². The Balaban J connectivity index is 1.56. The molecule has 0 fully saturated rings. The molecule has 2 aromatic rings. The fourth-order valence-corrected chi connectivity index (χ4v) is 2.76. The minimum atomic E-state index is -0.0113. The summed E-state index contributed by atoms with van der Waals surface area (Å²) in [4.78, 5) is 13.5. The Bertz CT molecular complexity index is 731. The third-order valence-corrected chi connectivity index (χ3v) is 4.18. The fraction of sp³-hybridized carbons (Fsp3) is 0.316. The lowest BCUT2D eigenvalue weighted by Crippen LogP contribution is -3.11. The van der Waals surface area contributed by atoms with E-state index >= 15 is 0 Å². The molecular weight excluding hydrogens is 320 g/mol. The molecule has 1 amide bonds. The zero-order valence-electron chi connectivity index (χ0n) is 14.5. The van der Waals surface area contributed by atoms with Crippen LogP contribution in [0.15, 0.2) is 42.5 Å². The van der Waals surface area contributed by atoms with Gasteiger partial charge in [0.1, 0.15) is 12.3 Å². The Labute approximate surface area is 147 Å². The Kier molecular flexibility index (Phi) is 5.40. The first-order chi connectivity index (χ1) is 12.2. The monoisotopic (exact) mass is 343 g/mol. The lowest BCUT2D eigenvalue weighted by molar-refractivity contribution is -0.903. The number of nitrogens with one attached hydrogen (secondary N) is 2. The summed E-state index contributed by atoms with van der Waals surface area (Å²) in [5.41, 5.74) is 1.89. The van der Waals surface area contributed by atoms with Crippen LogP contribution < -0.4 is 24.4 Å². The van der Waals surface area contributed by atoms with Gasteiger partial charge in [-0.1, -0.05) is 0 Å². The molecule has 0 spiro atoms. The lowest BCUT2D eigenvalue weighted by atomic mass is 10.2. The van der Waals surface area contributed by atoms with E-state index in [0.717, 1.165) is 41.6 Å². The smallest absolute Gasteiger partial charge is 0.279 e. The quantitative estimate of drug-likeness (QED) is 0.799. The van der Waals surface area contributed by atoms with Crippen molar-refractivity contribution in [3.8, 4) is 17.2 Å². The van der Waals surface area contributed by atoms with E-state index in [4.69, 9.17) is 14.2 Å². The van der Waals surface area contributed by atoms with Crippen LogP contribution >= 0.6 is 0 Å². The molecule has 1 unspecified atom stereocenters. The number of hydrogen-bond acceptors (Lipinski definition) is 4. The maximum atomic E-state index is 12.3.